The quantitative estimate of drug-likeness (QED) is 0.629. The Kier molecular flexibility index (Phi) is 5.37. The minimum absolute atomic E-state index is 0.269. The van der Waals surface area contributed by atoms with Gasteiger partial charge in [0.05, 0.1) is 11.1 Å². The lowest BCUT2D eigenvalue weighted by Crippen LogP contribution is -2.31. The molecule has 0 atom stereocenters. The Bertz CT molecular complexity index is 920. The number of nitrogens with zero attached hydrogens (tertiary/aromatic N) is 1. The molecule has 1 heterocycles. The summed E-state index contributed by atoms with van der Waals surface area (Å²) in [4.78, 5) is 38.8. The first kappa shape index (κ1) is 18.8. The topological polar surface area (TPSA) is 75.7 Å². The summed E-state index contributed by atoms with van der Waals surface area (Å²) in [6.45, 7) is 4.63. The van der Waals surface area contributed by atoms with Crippen molar-refractivity contribution >= 4 is 23.4 Å². The number of imide groups is 1. The van der Waals surface area contributed by atoms with Gasteiger partial charge in [-0.1, -0.05) is 12.1 Å². The molecule has 27 heavy (non-hydrogen) atoms. The number of benzene rings is 2. The number of nitrogens with one attached hydrogen (secondary N) is 1. The molecule has 1 aliphatic rings. The second-order valence-electron chi connectivity index (χ2n) is 6.64. The smallest absolute Gasteiger partial charge is 0.261 e. The first-order valence-electron chi connectivity index (χ1n) is 8.80. The van der Waals surface area contributed by atoms with Gasteiger partial charge in [-0.2, -0.15) is 0 Å². The Morgan fingerprint density at radius 2 is 1.78 bits per heavy atom. The van der Waals surface area contributed by atoms with E-state index in [1.165, 1.54) is 11.0 Å². The maximum Gasteiger partial charge on any atom is 0.261 e. The molecule has 3 rings (SSSR count). The first-order valence-corrected chi connectivity index (χ1v) is 8.80. The molecule has 1 N–H and O–H groups in total. The summed E-state index contributed by atoms with van der Waals surface area (Å²) in [6.07, 6.45) is 0.571. The molecule has 0 radical (unpaired) electrons. The van der Waals surface area contributed by atoms with Crippen molar-refractivity contribution in [2.24, 2.45) is 0 Å². The number of aryl methyl sites for hydroxylation is 2. The van der Waals surface area contributed by atoms with Crippen molar-refractivity contribution in [3.05, 3.63) is 64.2 Å². The molecule has 140 valence electrons. The summed E-state index contributed by atoms with van der Waals surface area (Å²) in [5.41, 5.74) is 3.66. The maximum absolute atomic E-state index is 12.6. The molecule has 0 saturated heterocycles. The Balaban J connectivity index is 1.81. The van der Waals surface area contributed by atoms with Crippen LogP contribution in [0.4, 0.5) is 5.69 Å². The van der Waals surface area contributed by atoms with Crippen molar-refractivity contribution in [3.63, 3.8) is 0 Å². The highest BCUT2D eigenvalue weighted by Crippen LogP contribution is 2.25. The predicted molar refractivity (Wildman–Crippen MR) is 102 cm³/mol. The fraction of sp³-hybridized carbons (Fsp3) is 0.286. The lowest BCUT2D eigenvalue weighted by molar-refractivity contribution is 0.0638. The molecule has 0 bridgehead atoms. The van der Waals surface area contributed by atoms with Gasteiger partial charge in [0.25, 0.3) is 17.7 Å². The van der Waals surface area contributed by atoms with E-state index in [0.29, 0.717) is 30.7 Å². The molecule has 0 aromatic heterocycles. The zero-order valence-electron chi connectivity index (χ0n) is 15.7. The Morgan fingerprint density at radius 1 is 1.04 bits per heavy atom. The van der Waals surface area contributed by atoms with Crippen molar-refractivity contribution in [2.75, 3.05) is 25.6 Å². The number of fused-ring (bicyclic) bond motifs is 1. The Hall–Kier alpha value is -2.99. The zero-order chi connectivity index (χ0) is 19.6. The molecule has 1 aliphatic heterocycles. The van der Waals surface area contributed by atoms with Gasteiger partial charge in [-0.05, 0) is 55.7 Å². The van der Waals surface area contributed by atoms with E-state index < -0.39 is 0 Å². The summed E-state index contributed by atoms with van der Waals surface area (Å²) >= 11 is 0. The summed E-state index contributed by atoms with van der Waals surface area (Å²) < 4.78 is 4.97. The minimum atomic E-state index is -0.368. The second kappa shape index (κ2) is 7.72. The van der Waals surface area contributed by atoms with Crippen LogP contribution in [-0.2, 0) is 4.74 Å². The largest absolute Gasteiger partial charge is 0.385 e. The lowest BCUT2D eigenvalue weighted by Gasteiger charge is -2.12. The van der Waals surface area contributed by atoms with Gasteiger partial charge in [-0.15, -0.1) is 0 Å². The number of hydrogen-bond acceptors (Lipinski definition) is 4. The molecule has 2 aromatic carbocycles. The molecule has 6 heteroatoms. The van der Waals surface area contributed by atoms with Gasteiger partial charge in [0, 0.05) is 31.5 Å². The number of methoxy groups -OCH3 is 1. The van der Waals surface area contributed by atoms with Gasteiger partial charge in [-0.25, -0.2) is 0 Å². The monoisotopic (exact) mass is 366 g/mol. The van der Waals surface area contributed by atoms with Gasteiger partial charge in [0.1, 0.15) is 0 Å². The number of ether oxygens (including phenoxy) is 1. The first-order chi connectivity index (χ1) is 12.9. The van der Waals surface area contributed by atoms with Gasteiger partial charge in [-0.3, -0.25) is 19.3 Å². The molecule has 3 amide bonds. The highest BCUT2D eigenvalue weighted by Gasteiger charge is 2.35. The molecule has 0 saturated carbocycles. The van der Waals surface area contributed by atoms with E-state index in [0.717, 1.165) is 16.8 Å². The van der Waals surface area contributed by atoms with Crippen LogP contribution in [0.5, 0.6) is 0 Å². The van der Waals surface area contributed by atoms with Crippen LogP contribution < -0.4 is 5.32 Å². The van der Waals surface area contributed by atoms with Crippen molar-refractivity contribution < 1.29 is 19.1 Å². The third kappa shape index (κ3) is 3.75. The minimum Gasteiger partial charge on any atom is -0.385 e. The summed E-state index contributed by atoms with van der Waals surface area (Å²) in [5.74, 6) is -1.01. The SMILES string of the molecule is COCCCN1C(=O)c2ccc(C(=O)Nc3cc(C)ccc3C)cc2C1=O. The Morgan fingerprint density at radius 3 is 2.52 bits per heavy atom. The van der Waals surface area contributed by atoms with Crippen LogP contribution in [-0.4, -0.2) is 42.9 Å². The van der Waals surface area contributed by atoms with Crippen LogP contribution in [0.25, 0.3) is 0 Å². The molecular formula is C21H22N2O4. The van der Waals surface area contributed by atoms with Crippen LogP contribution >= 0.6 is 0 Å². The standard InChI is InChI=1S/C21H22N2O4/c1-13-5-6-14(2)18(11-13)22-19(24)15-7-8-16-17(12-15)21(26)23(20(16)25)9-4-10-27-3/h5-8,11-12H,4,9-10H2,1-3H3,(H,22,24). The lowest BCUT2D eigenvalue weighted by atomic mass is 10.0. The number of hydrogen-bond donors (Lipinski definition) is 1. The third-order valence-corrected chi connectivity index (χ3v) is 4.60. The van der Waals surface area contributed by atoms with Crippen molar-refractivity contribution in [2.45, 2.75) is 20.3 Å². The molecule has 0 unspecified atom stereocenters. The van der Waals surface area contributed by atoms with Crippen LogP contribution in [0.15, 0.2) is 36.4 Å². The van der Waals surface area contributed by atoms with Crippen molar-refractivity contribution in [3.8, 4) is 0 Å². The molecule has 6 nitrogen and oxygen atoms in total. The number of anilines is 1. The number of carbonyl (C=O) groups is 3. The third-order valence-electron chi connectivity index (χ3n) is 4.60. The van der Waals surface area contributed by atoms with E-state index in [1.807, 2.05) is 32.0 Å². The number of amides is 3. The predicted octanol–water partition coefficient (Wildman–Crippen LogP) is 3.19. The molecule has 0 aliphatic carbocycles. The fourth-order valence-corrected chi connectivity index (χ4v) is 3.07. The van der Waals surface area contributed by atoms with E-state index >= 15 is 0 Å². The van der Waals surface area contributed by atoms with Crippen LogP contribution in [0, 0.1) is 13.8 Å². The second-order valence-corrected chi connectivity index (χ2v) is 6.64. The van der Waals surface area contributed by atoms with Gasteiger partial charge in [0.15, 0.2) is 0 Å². The normalized spacial score (nSPS) is 13.1. The maximum atomic E-state index is 12.6. The average molecular weight is 366 g/mol. The van der Waals surface area contributed by atoms with E-state index in [2.05, 4.69) is 5.32 Å². The summed E-state index contributed by atoms with van der Waals surface area (Å²) in [6, 6.07) is 10.4. The Labute approximate surface area is 158 Å². The van der Waals surface area contributed by atoms with E-state index in [9.17, 15) is 14.4 Å². The zero-order valence-corrected chi connectivity index (χ0v) is 15.7. The van der Waals surface area contributed by atoms with Crippen molar-refractivity contribution in [1.29, 1.82) is 0 Å². The van der Waals surface area contributed by atoms with E-state index in [4.69, 9.17) is 4.74 Å². The van der Waals surface area contributed by atoms with Gasteiger partial charge >= 0.3 is 0 Å². The summed E-state index contributed by atoms with van der Waals surface area (Å²) in [5, 5.41) is 2.87. The summed E-state index contributed by atoms with van der Waals surface area (Å²) in [7, 11) is 1.57. The molecular weight excluding hydrogens is 344 g/mol. The average Bonchev–Trinajstić information content (AvgIpc) is 2.89. The molecule has 2 aromatic rings. The fourth-order valence-electron chi connectivity index (χ4n) is 3.07. The van der Waals surface area contributed by atoms with Crippen molar-refractivity contribution in [1.82, 2.24) is 4.90 Å². The van der Waals surface area contributed by atoms with Gasteiger partial charge in [0.2, 0.25) is 0 Å². The molecule has 0 fully saturated rings. The highest BCUT2D eigenvalue weighted by atomic mass is 16.5. The van der Waals surface area contributed by atoms with Gasteiger partial charge < -0.3 is 10.1 Å². The van der Waals surface area contributed by atoms with Crippen LogP contribution in [0.3, 0.4) is 0 Å². The van der Waals surface area contributed by atoms with Crippen LogP contribution in [0.2, 0.25) is 0 Å². The van der Waals surface area contributed by atoms with E-state index in [-0.39, 0.29) is 23.3 Å². The molecule has 0 spiro atoms. The van der Waals surface area contributed by atoms with E-state index in [1.54, 1.807) is 19.2 Å². The number of carbonyl (C=O) groups excluding carboxylic acids is 3. The highest BCUT2D eigenvalue weighted by molar-refractivity contribution is 6.22. The van der Waals surface area contributed by atoms with Crippen LogP contribution in [0.1, 0.15) is 48.6 Å². The number of rotatable bonds is 6.